The number of benzene rings is 2. The number of aliphatic imine (C=N–C) groups is 1. The molecule has 116 valence electrons. The van der Waals surface area contributed by atoms with Gasteiger partial charge in [0, 0.05) is 5.56 Å². The van der Waals surface area contributed by atoms with Crippen LogP contribution < -0.4 is 4.74 Å². The lowest BCUT2D eigenvalue weighted by Gasteiger charge is -2.03. The molecule has 0 aromatic heterocycles. The highest BCUT2D eigenvalue weighted by Gasteiger charge is 2.24. The van der Waals surface area contributed by atoms with E-state index in [1.165, 1.54) is 18.2 Å². The number of carbonyl (C=O) groups excluding carboxylic acids is 1. The minimum atomic E-state index is -0.557. The summed E-state index contributed by atoms with van der Waals surface area (Å²) in [4.78, 5) is 16.1. The van der Waals surface area contributed by atoms with Crippen LogP contribution in [0.3, 0.4) is 0 Å². The van der Waals surface area contributed by atoms with E-state index in [0.29, 0.717) is 17.7 Å². The van der Waals surface area contributed by atoms with Crippen molar-refractivity contribution in [1.29, 1.82) is 0 Å². The molecule has 0 aliphatic carbocycles. The predicted molar refractivity (Wildman–Crippen MR) is 84.6 cm³/mol. The van der Waals surface area contributed by atoms with E-state index in [2.05, 4.69) is 4.99 Å². The van der Waals surface area contributed by atoms with Gasteiger partial charge < -0.3 is 9.47 Å². The summed E-state index contributed by atoms with van der Waals surface area (Å²) in [6, 6.07) is 13.0. The van der Waals surface area contributed by atoms with Gasteiger partial charge in [0.1, 0.15) is 11.6 Å². The number of hydrogen-bond donors (Lipinski definition) is 0. The molecule has 0 spiro atoms. The molecule has 23 heavy (non-hydrogen) atoms. The van der Waals surface area contributed by atoms with Crippen molar-refractivity contribution < 1.29 is 18.7 Å². The second kappa shape index (κ2) is 6.44. The average Bonchev–Trinajstić information content (AvgIpc) is 2.89. The first-order chi connectivity index (χ1) is 11.2. The third kappa shape index (κ3) is 3.45. The Bertz CT molecular complexity index is 794. The lowest BCUT2D eigenvalue weighted by molar-refractivity contribution is -0.129. The summed E-state index contributed by atoms with van der Waals surface area (Å²) in [7, 11) is 0. The molecule has 0 radical (unpaired) electrons. The zero-order valence-electron chi connectivity index (χ0n) is 12.5. The molecule has 0 saturated carbocycles. The molecular formula is C18H14FNO3. The van der Waals surface area contributed by atoms with Crippen molar-refractivity contribution >= 4 is 17.9 Å². The first-order valence-electron chi connectivity index (χ1n) is 7.17. The zero-order chi connectivity index (χ0) is 16.2. The molecule has 1 aliphatic heterocycles. The minimum absolute atomic E-state index is 0.138. The van der Waals surface area contributed by atoms with Crippen molar-refractivity contribution in [3.63, 3.8) is 0 Å². The van der Waals surface area contributed by atoms with Crippen LogP contribution in [0.5, 0.6) is 5.75 Å². The Morgan fingerprint density at radius 1 is 1.22 bits per heavy atom. The summed E-state index contributed by atoms with van der Waals surface area (Å²) >= 11 is 0. The molecule has 0 N–H and O–H groups in total. The van der Waals surface area contributed by atoms with Gasteiger partial charge in [0.15, 0.2) is 5.70 Å². The Balaban J connectivity index is 1.86. The van der Waals surface area contributed by atoms with Crippen molar-refractivity contribution in [2.24, 2.45) is 4.99 Å². The third-order valence-electron chi connectivity index (χ3n) is 3.18. The highest BCUT2D eigenvalue weighted by atomic mass is 19.1. The molecule has 2 aromatic carbocycles. The van der Waals surface area contributed by atoms with E-state index in [1.54, 1.807) is 36.4 Å². The fourth-order valence-electron chi connectivity index (χ4n) is 2.15. The summed E-state index contributed by atoms with van der Waals surface area (Å²) in [6.45, 7) is 2.48. The van der Waals surface area contributed by atoms with Crippen molar-refractivity contribution in [2.45, 2.75) is 6.92 Å². The molecule has 4 nitrogen and oxygen atoms in total. The number of hydrogen-bond acceptors (Lipinski definition) is 4. The number of ether oxygens (including phenoxy) is 2. The normalized spacial score (nSPS) is 15.5. The first kappa shape index (κ1) is 15.0. The molecule has 0 saturated heterocycles. The monoisotopic (exact) mass is 311 g/mol. The van der Waals surface area contributed by atoms with E-state index in [-0.39, 0.29) is 17.4 Å². The van der Waals surface area contributed by atoms with Gasteiger partial charge in [-0.15, -0.1) is 0 Å². The van der Waals surface area contributed by atoms with Gasteiger partial charge in [0.05, 0.1) is 6.61 Å². The van der Waals surface area contributed by atoms with Gasteiger partial charge in [0.25, 0.3) is 0 Å². The predicted octanol–water partition coefficient (Wildman–Crippen LogP) is 3.57. The number of halogens is 1. The number of carbonyl (C=O) groups is 1. The molecule has 0 bridgehead atoms. The highest BCUT2D eigenvalue weighted by molar-refractivity contribution is 6.12. The van der Waals surface area contributed by atoms with Crippen LogP contribution >= 0.6 is 0 Å². The van der Waals surface area contributed by atoms with E-state index >= 15 is 0 Å². The Kier molecular flexibility index (Phi) is 4.19. The lowest BCUT2D eigenvalue weighted by atomic mass is 10.2. The SMILES string of the molecule is CCOc1ccc(C2=N/C(=C/c3cccc(F)c3)C(=O)O2)cc1. The zero-order valence-corrected chi connectivity index (χ0v) is 12.5. The summed E-state index contributed by atoms with van der Waals surface area (Å²) in [5.74, 6) is 0.0250. The first-order valence-corrected chi connectivity index (χ1v) is 7.17. The highest BCUT2D eigenvalue weighted by Crippen LogP contribution is 2.21. The topological polar surface area (TPSA) is 47.9 Å². The van der Waals surface area contributed by atoms with Crippen molar-refractivity contribution in [3.8, 4) is 5.75 Å². The fraction of sp³-hybridized carbons (Fsp3) is 0.111. The Hall–Kier alpha value is -2.95. The molecule has 2 aromatic rings. The van der Waals surface area contributed by atoms with Gasteiger partial charge in [-0.2, -0.15) is 0 Å². The third-order valence-corrected chi connectivity index (χ3v) is 3.18. The van der Waals surface area contributed by atoms with Crippen molar-refractivity contribution in [1.82, 2.24) is 0 Å². The van der Waals surface area contributed by atoms with Gasteiger partial charge in [-0.3, -0.25) is 0 Å². The van der Waals surface area contributed by atoms with Crippen LogP contribution in [0.4, 0.5) is 4.39 Å². The van der Waals surface area contributed by atoms with Gasteiger partial charge in [-0.1, -0.05) is 12.1 Å². The van der Waals surface area contributed by atoms with Gasteiger partial charge in [0.2, 0.25) is 5.90 Å². The largest absolute Gasteiger partial charge is 0.494 e. The standard InChI is InChI=1S/C18H14FNO3/c1-2-22-15-8-6-13(7-9-15)17-20-16(18(21)23-17)11-12-4-3-5-14(19)10-12/h3-11H,2H2,1H3/b16-11+. The second-order valence-electron chi connectivity index (χ2n) is 4.85. The number of nitrogens with zero attached hydrogens (tertiary/aromatic N) is 1. The number of esters is 1. The second-order valence-corrected chi connectivity index (χ2v) is 4.85. The van der Waals surface area contributed by atoms with E-state index in [1.807, 2.05) is 6.92 Å². The van der Waals surface area contributed by atoms with Crippen LogP contribution in [0.25, 0.3) is 6.08 Å². The van der Waals surface area contributed by atoms with Gasteiger partial charge in [-0.05, 0) is 55.0 Å². The van der Waals surface area contributed by atoms with E-state index in [0.717, 1.165) is 5.75 Å². The summed E-state index contributed by atoms with van der Waals surface area (Å²) in [5, 5.41) is 0. The van der Waals surface area contributed by atoms with Crippen LogP contribution in [-0.4, -0.2) is 18.5 Å². The van der Waals surface area contributed by atoms with E-state index in [4.69, 9.17) is 9.47 Å². The summed E-state index contributed by atoms with van der Waals surface area (Å²) < 4.78 is 23.7. The molecule has 1 heterocycles. The minimum Gasteiger partial charge on any atom is -0.494 e. The number of cyclic esters (lactones) is 1. The summed E-state index contributed by atoms with van der Waals surface area (Å²) in [5.41, 5.74) is 1.36. The quantitative estimate of drug-likeness (QED) is 0.640. The molecular weight excluding hydrogens is 297 g/mol. The van der Waals surface area contributed by atoms with Gasteiger partial charge in [-0.25, -0.2) is 14.2 Å². The van der Waals surface area contributed by atoms with Crippen LogP contribution in [0, 0.1) is 5.82 Å². The lowest BCUT2D eigenvalue weighted by Crippen LogP contribution is -2.05. The van der Waals surface area contributed by atoms with Gasteiger partial charge >= 0.3 is 5.97 Å². The Morgan fingerprint density at radius 3 is 2.70 bits per heavy atom. The maximum atomic E-state index is 13.2. The molecule has 3 rings (SSSR count). The average molecular weight is 311 g/mol. The maximum Gasteiger partial charge on any atom is 0.363 e. The Morgan fingerprint density at radius 2 is 2.00 bits per heavy atom. The maximum absolute atomic E-state index is 13.2. The van der Waals surface area contributed by atoms with Crippen LogP contribution in [-0.2, 0) is 9.53 Å². The Labute approximate surface area is 132 Å². The molecule has 0 atom stereocenters. The fourth-order valence-corrected chi connectivity index (χ4v) is 2.15. The summed E-state index contributed by atoms with van der Waals surface area (Å²) in [6.07, 6.45) is 1.49. The van der Waals surface area contributed by atoms with E-state index < -0.39 is 5.97 Å². The number of rotatable bonds is 4. The molecule has 1 aliphatic rings. The molecule has 0 amide bonds. The molecule has 5 heteroatoms. The molecule has 0 unspecified atom stereocenters. The smallest absolute Gasteiger partial charge is 0.363 e. The van der Waals surface area contributed by atoms with Crippen LogP contribution in [0.15, 0.2) is 59.2 Å². The van der Waals surface area contributed by atoms with Crippen LogP contribution in [0.2, 0.25) is 0 Å². The van der Waals surface area contributed by atoms with Crippen LogP contribution in [0.1, 0.15) is 18.1 Å². The van der Waals surface area contributed by atoms with E-state index in [9.17, 15) is 9.18 Å². The molecule has 0 fully saturated rings. The van der Waals surface area contributed by atoms with Crippen molar-refractivity contribution in [2.75, 3.05) is 6.61 Å². The van der Waals surface area contributed by atoms with Crippen molar-refractivity contribution in [3.05, 3.63) is 71.2 Å².